The van der Waals surface area contributed by atoms with E-state index in [2.05, 4.69) is 5.32 Å². The summed E-state index contributed by atoms with van der Waals surface area (Å²) in [6, 6.07) is 15.0. The van der Waals surface area contributed by atoms with Crippen molar-refractivity contribution in [3.05, 3.63) is 54.1 Å². The Kier molecular flexibility index (Phi) is 5.41. The molecule has 0 saturated carbocycles. The van der Waals surface area contributed by atoms with Crippen LogP contribution < -0.4 is 19.7 Å². The molecule has 26 heavy (non-hydrogen) atoms. The van der Waals surface area contributed by atoms with Gasteiger partial charge in [0.15, 0.2) is 18.1 Å². The monoisotopic (exact) mass is 354 g/mol. The number of amides is 2. The van der Waals surface area contributed by atoms with Gasteiger partial charge in [-0.1, -0.05) is 30.3 Å². The van der Waals surface area contributed by atoms with Crippen LogP contribution in [0.5, 0.6) is 11.5 Å². The van der Waals surface area contributed by atoms with Gasteiger partial charge in [0.25, 0.3) is 5.91 Å². The van der Waals surface area contributed by atoms with Crippen LogP contribution in [0.2, 0.25) is 0 Å². The third-order valence-electron chi connectivity index (χ3n) is 4.34. The minimum Gasteiger partial charge on any atom is -0.493 e. The molecular formula is C20H22N2O4. The lowest BCUT2D eigenvalue weighted by Gasteiger charge is -2.23. The Morgan fingerprint density at radius 1 is 1.12 bits per heavy atom. The number of ether oxygens (including phenoxy) is 2. The maximum atomic E-state index is 12.5. The van der Waals surface area contributed by atoms with E-state index in [9.17, 15) is 9.59 Å². The largest absolute Gasteiger partial charge is 0.493 e. The maximum Gasteiger partial charge on any atom is 0.258 e. The van der Waals surface area contributed by atoms with Crippen molar-refractivity contribution in [3.8, 4) is 11.5 Å². The molecule has 3 rings (SSSR count). The highest BCUT2D eigenvalue weighted by Crippen LogP contribution is 2.31. The molecule has 0 aromatic heterocycles. The van der Waals surface area contributed by atoms with E-state index >= 15 is 0 Å². The fraction of sp³-hybridized carbons (Fsp3) is 0.300. The number of carbonyl (C=O) groups is 2. The number of nitrogens with zero attached hydrogens (tertiary/aromatic N) is 1. The molecule has 1 unspecified atom stereocenters. The van der Waals surface area contributed by atoms with E-state index in [0.717, 1.165) is 17.7 Å². The third kappa shape index (κ3) is 3.79. The molecule has 0 radical (unpaired) electrons. The SMILES string of the molecule is COc1ccccc1OCC(=O)NCC(=O)N1c2ccccc2CC1C. The summed E-state index contributed by atoms with van der Waals surface area (Å²) in [6.45, 7) is 1.76. The van der Waals surface area contributed by atoms with Crippen LogP contribution in [0.1, 0.15) is 12.5 Å². The van der Waals surface area contributed by atoms with Crippen molar-refractivity contribution >= 4 is 17.5 Å². The second kappa shape index (κ2) is 7.91. The highest BCUT2D eigenvalue weighted by molar-refractivity contribution is 5.99. The zero-order valence-electron chi connectivity index (χ0n) is 14.9. The summed E-state index contributed by atoms with van der Waals surface area (Å²) in [5.41, 5.74) is 2.07. The Labute approximate surface area is 152 Å². The van der Waals surface area contributed by atoms with Gasteiger partial charge < -0.3 is 19.7 Å². The number of benzene rings is 2. The third-order valence-corrected chi connectivity index (χ3v) is 4.34. The number of hydrogen-bond acceptors (Lipinski definition) is 4. The average molecular weight is 354 g/mol. The molecule has 1 N–H and O–H groups in total. The van der Waals surface area contributed by atoms with Crippen LogP contribution in [0, 0.1) is 0 Å². The number of para-hydroxylation sites is 3. The van der Waals surface area contributed by atoms with Crippen LogP contribution in [-0.4, -0.2) is 38.1 Å². The number of fused-ring (bicyclic) bond motifs is 1. The van der Waals surface area contributed by atoms with E-state index in [1.54, 1.807) is 23.1 Å². The number of methoxy groups -OCH3 is 1. The highest BCUT2D eigenvalue weighted by Gasteiger charge is 2.30. The fourth-order valence-electron chi connectivity index (χ4n) is 3.14. The molecule has 2 aromatic rings. The number of anilines is 1. The topological polar surface area (TPSA) is 67.9 Å². The quantitative estimate of drug-likeness (QED) is 0.863. The smallest absolute Gasteiger partial charge is 0.258 e. The molecule has 1 aliphatic heterocycles. The van der Waals surface area contributed by atoms with Crippen molar-refractivity contribution in [2.24, 2.45) is 0 Å². The van der Waals surface area contributed by atoms with E-state index in [4.69, 9.17) is 9.47 Å². The van der Waals surface area contributed by atoms with Gasteiger partial charge >= 0.3 is 0 Å². The summed E-state index contributed by atoms with van der Waals surface area (Å²) < 4.78 is 10.6. The molecule has 0 bridgehead atoms. The lowest BCUT2D eigenvalue weighted by Crippen LogP contribution is -2.44. The van der Waals surface area contributed by atoms with Crippen LogP contribution in [0.4, 0.5) is 5.69 Å². The first-order chi connectivity index (χ1) is 12.6. The molecule has 1 aliphatic rings. The molecule has 0 fully saturated rings. The van der Waals surface area contributed by atoms with Gasteiger partial charge in [-0.15, -0.1) is 0 Å². The van der Waals surface area contributed by atoms with E-state index in [-0.39, 0.29) is 31.0 Å². The van der Waals surface area contributed by atoms with Crippen molar-refractivity contribution in [2.45, 2.75) is 19.4 Å². The maximum absolute atomic E-state index is 12.5. The van der Waals surface area contributed by atoms with Gasteiger partial charge in [0.1, 0.15) is 0 Å². The predicted octanol–water partition coefficient (Wildman–Crippen LogP) is 2.17. The Balaban J connectivity index is 1.52. The first kappa shape index (κ1) is 17.8. The molecule has 0 aliphatic carbocycles. The molecule has 6 nitrogen and oxygen atoms in total. The first-order valence-corrected chi connectivity index (χ1v) is 8.52. The molecule has 1 heterocycles. The van der Waals surface area contributed by atoms with Gasteiger partial charge in [-0.05, 0) is 37.1 Å². The zero-order valence-corrected chi connectivity index (χ0v) is 14.9. The summed E-state index contributed by atoms with van der Waals surface area (Å²) in [7, 11) is 1.54. The van der Waals surface area contributed by atoms with Crippen LogP contribution in [0.15, 0.2) is 48.5 Å². The van der Waals surface area contributed by atoms with Crippen molar-refractivity contribution in [3.63, 3.8) is 0 Å². The molecule has 2 amide bonds. The zero-order chi connectivity index (χ0) is 18.5. The lowest BCUT2D eigenvalue weighted by atomic mass is 10.1. The summed E-state index contributed by atoms with van der Waals surface area (Å²) in [5, 5.41) is 2.62. The minimum absolute atomic E-state index is 0.0627. The van der Waals surface area contributed by atoms with Crippen LogP contribution in [0.25, 0.3) is 0 Å². The highest BCUT2D eigenvalue weighted by atomic mass is 16.5. The van der Waals surface area contributed by atoms with Gasteiger partial charge in [0.05, 0.1) is 13.7 Å². The fourth-order valence-corrected chi connectivity index (χ4v) is 3.14. The Morgan fingerprint density at radius 2 is 1.81 bits per heavy atom. The standard InChI is InChI=1S/C20H22N2O4/c1-14-11-15-7-3-4-8-16(15)22(14)20(24)12-21-19(23)13-26-18-10-6-5-9-17(18)25-2/h3-10,14H,11-13H2,1-2H3,(H,21,23). The normalized spacial score (nSPS) is 15.3. The number of carbonyl (C=O) groups excluding carboxylic acids is 2. The molecule has 0 saturated heterocycles. The second-order valence-electron chi connectivity index (χ2n) is 6.16. The van der Waals surface area contributed by atoms with E-state index in [1.165, 1.54) is 7.11 Å². The number of rotatable bonds is 6. The summed E-state index contributed by atoms with van der Waals surface area (Å²) >= 11 is 0. The van der Waals surface area contributed by atoms with Crippen molar-refractivity contribution in [2.75, 3.05) is 25.2 Å². The molecule has 6 heteroatoms. The van der Waals surface area contributed by atoms with Crippen molar-refractivity contribution in [1.82, 2.24) is 5.32 Å². The Bertz CT molecular complexity index is 806. The second-order valence-corrected chi connectivity index (χ2v) is 6.16. The molecule has 0 spiro atoms. The first-order valence-electron chi connectivity index (χ1n) is 8.52. The van der Waals surface area contributed by atoms with Crippen LogP contribution in [-0.2, 0) is 16.0 Å². The van der Waals surface area contributed by atoms with Gasteiger partial charge in [-0.25, -0.2) is 0 Å². The van der Waals surface area contributed by atoms with Crippen molar-refractivity contribution < 1.29 is 19.1 Å². The van der Waals surface area contributed by atoms with E-state index < -0.39 is 0 Å². The van der Waals surface area contributed by atoms with Gasteiger partial charge in [-0.2, -0.15) is 0 Å². The minimum atomic E-state index is -0.357. The number of nitrogens with one attached hydrogen (secondary N) is 1. The number of hydrogen-bond donors (Lipinski definition) is 1. The van der Waals surface area contributed by atoms with Gasteiger partial charge in [0, 0.05) is 11.7 Å². The lowest BCUT2D eigenvalue weighted by molar-refractivity contribution is -0.126. The molecule has 2 aromatic carbocycles. The van der Waals surface area contributed by atoms with E-state index in [0.29, 0.717) is 11.5 Å². The molecule has 136 valence electrons. The van der Waals surface area contributed by atoms with Crippen molar-refractivity contribution in [1.29, 1.82) is 0 Å². The average Bonchev–Trinajstić information content (AvgIpc) is 3.00. The van der Waals surface area contributed by atoms with Crippen LogP contribution in [0.3, 0.4) is 0 Å². The van der Waals surface area contributed by atoms with E-state index in [1.807, 2.05) is 37.3 Å². The van der Waals surface area contributed by atoms with Crippen LogP contribution >= 0.6 is 0 Å². The Hall–Kier alpha value is -3.02. The summed E-state index contributed by atoms with van der Waals surface area (Å²) in [4.78, 5) is 26.3. The van der Waals surface area contributed by atoms with Gasteiger partial charge in [-0.3, -0.25) is 9.59 Å². The van der Waals surface area contributed by atoms with Gasteiger partial charge in [0.2, 0.25) is 5.91 Å². The predicted molar refractivity (Wildman–Crippen MR) is 98.6 cm³/mol. The summed E-state index contributed by atoms with van der Waals surface area (Å²) in [5.74, 6) is 0.551. The molecule has 1 atom stereocenters. The molecular weight excluding hydrogens is 332 g/mol. The summed E-state index contributed by atoms with van der Waals surface area (Å²) in [6.07, 6.45) is 0.826. The Morgan fingerprint density at radius 3 is 2.58 bits per heavy atom.